The predicted molar refractivity (Wildman–Crippen MR) is 70.7 cm³/mol. The van der Waals surface area contributed by atoms with Crippen molar-refractivity contribution < 1.29 is 4.79 Å². The number of nitrogens with two attached hydrogens (primary N) is 2. The molecule has 0 spiro atoms. The molecule has 94 valence electrons. The van der Waals surface area contributed by atoms with Gasteiger partial charge in [-0.3, -0.25) is 4.79 Å². The van der Waals surface area contributed by atoms with E-state index in [-0.39, 0.29) is 0 Å². The molecule has 4 N–H and O–H groups in total. The van der Waals surface area contributed by atoms with Gasteiger partial charge in [0.1, 0.15) is 0 Å². The zero-order chi connectivity index (χ0) is 13.4. The summed E-state index contributed by atoms with van der Waals surface area (Å²) >= 11 is 0. The smallest absolute Gasteiger partial charge is 0.248 e. The summed E-state index contributed by atoms with van der Waals surface area (Å²) in [4.78, 5) is 11.1. The summed E-state index contributed by atoms with van der Waals surface area (Å²) in [6.45, 7) is 5.69. The highest BCUT2D eigenvalue weighted by Gasteiger charge is 2.12. The van der Waals surface area contributed by atoms with Gasteiger partial charge in [-0.1, -0.05) is 0 Å². The molecule has 2 aromatic rings. The zero-order valence-corrected chi connectivity index (χ0v) is 10.7. The molecular formula is C13H16N4O. The standard InChI is InChI=1S/C13H16N4O/c1-7-6-10(13(15)18)4-5-11(7)17-9(3)12(14)8(2)16-17/h4-6H,14H2,1-3H3,(H2,15,18). The predicted octanol–water partition coefficient (Wildman–Crippen LogP) is 1.48. The van der Waals surface area contributed by atoms with Crippen LogP contribution in [0.4, 0.5) is 5.69 Å². The molecule has 0 fully saturated rings. The number of benzene rings is 1. The minimum atomic E-state index is -0.433. The van der Waals surface area contributed by atoms with Gasteiger partial charge in [-0.05, 0) is 44.5 Å². The fourth-order valence-electron chi connectivity index (χ4n) is 1.94. The Morgan fingerprint density at radius 1 is 1.28 bits per heavy atom. The lowest BCUT2D eigenvalue weighted by Gasteiger charge is -2.09. The van der Waals surface area contributed by atoms with E-state index in [4.69, 9.17) is 11.5 Å². The van der Waals surface area contributed by atoms with Crippen LogP contribution >= 0.6 is 0 Å². The Morgan fingerprint density at radius 2 is 1.94 bits per heavy atom. The van der Waals surface area contributed by atoms with Crippen molar-refractivity contribution in [2.45, 2.75) is 20.8 Å². The second-order valence-corrected chi connectivity index (χ2v) is 4.36. The summed E-state index contributed by atoms with van der Waals surface area (Å²) < 4.78 is 1.78. The third-order valence-electron chi connectivity index (χ3n) is 3.06. The number of aromatic nitrogens is 2. The molecule has 18 heavy (non-hydrogen) atoms. The number of nitrogen functional groups attached to an aromatic ring is 1. The van der Waals surface area contributed by atoms with E-state index in [0.29, 0.717) is 11.3 Å². The fraction of sp³-hybridized carbons (Fsp3) is 0.231. The fourth-order valence-corrected chi connectivity index (χ4v) is 1.94. The molecule has 0 bridgehead atoms. The molecule has 0 unspecified atom stereocenters. The van der Waals surface area contributed by atoms with Gasteiger partial charge in [-0.25, -0.2) is 4.68 Å². The Balaban J connectivity index is 2.58. The van der Waals surface area contributed by atoms with Crippen LogP contribution < -0.4 is 11.5 Å². The Labute approximate surface area is 105 Å². The summed E-state index contributed by atoms with van der Waals surface area (Å²) in [5.74, 6) is -0.433. The minimum Gasteiger partial charge on any atom is -0.396 e. The summed E-state index contributed by atoms with van der Waals surface area (Å²) in [6, 6.07) is 5.27. The summed E-state index contributed by atoms with van der Waals surface area (Å²) in [6.07, 6.45) is 0. The Hall–Kier alpha value is -2.30. The van der Waals surface area contributed by atoms with Gasteiger partial charge >= 0.3 is 0 Å². The van der Waals surface area contributed by atoms with E-state index >= 15 is 0 Å². The zero-order valence-electron chi connectivity index (χ0n) is 10.7. The van der Waals surface area contributed by atoms with Gasteiger partial charge in [0.2, 0.25) is 5.91 Å². The van der Waals surface area contributed by atoms with E-state index < -0.39 is 5.91 Å². The number of nitrogens with zero attached hydrogens (tertiary/aromatic N) is 2. The van der Waals surface area contributed by atoms with Crippen molar-refractivity contribution in [1.29, 1.82) is 0 Å². The van der Waals surface area contributed by atoms with E-state index in [1.54, 1.807) is 16.8 Å². The molecule has 5 heteroatoms. The van der Waals surface area contributed by atoms with E-state index in [2.05, 4.69) is 5.10 Å². The van der Waals surface area contributed by atoms with Crippen LogP contribution in [-0.4, -0.2) is 15.7 Å². The maximum Gasteiger partial charge on any atom is 0.248 e. The molecule has 0 aliphatic carbocycles. The number of aryl methyl sites for hydroxylation is 2. The van der Waals surface area contributed by atoms with Crippen molar-refractivity contribution in [3.05, 3.63) is 40.7 Å². The van der Waals surface area contributed by atoms with Gasteiger partial charge in [0.15, 0.2) is 0 Å². The number of carbonyl (C=O) groups excluding carboxylic acids is 1. The largest absolute Gasteiger partial charge is 0.396 e. The first kappa shape index (κ1) is 12.2. The third kappa shape index (κ3) is 1.84. The monoisotopic (exact) mass is 244 g/mol. The maximum atomic E-state index is 11.1. The van der Waals surface area contributed by atoms with Crippen molar-refractivity contribution >= 4 is 11.6 Å². The molecule has 2 rings (SSSR count). The van der Waals surface area contributed by atoms with E-state index in [9.17, 15) is 4.79 Å². The molecule has 0 aliphatic rings. The topological polar surface area (TPSA) is 86.9 Å². The number of primary amides is 1. The molecule has 1 amide bonds. The molecule has 1 aromatic heterocycles. The average Bonchev–Trinajstić information content (AvgIpc) is 2.57. The van der Waals surface area contributed by atoms with Crippen LogP contribution in [0.15, 0.2) is 18.2 Å². The van der Waals surface area contributed by atoms with Crippen molar-refractivity contribution in [2.24, 2.45) is 5.73 Å². The van der Waals surface area contributed by atoms with E-state index in [0.717, 1.165) is 22.6 Å². The van der Waals surface area contributed by atoms with Gasteiger partial charge in [-0.15, -0.1) is 0 Å². The van der Waals surface area contributed by atoms with Crippen molar-refractivity contribution in [2.75, 3.05) is 5.73 Å². The SMILES string of the molecule is Cc1cc(C(N)=O)ccc1-n1nc(C)c(N)c1C. The normalized spacial score (nSPS) is 10.6. The van der Waals surface area contributed by atoms with Crippen molar-refractivity contribution in [3.63, 3.8) is 0 Å². The molecule has 0 radical (unpaired) electrons. The second-order valence-electron chi connectivity index (χ2n) is 4.36. The molecule has 1 heterocycles. The molecule has 5 nitrogen and oxygen atoms in total. The van der Waals surface area contributed by atoms with E-state index in [1.807, 2.05) is 26.8 Å². The first-order chi connectivity index (χ1) is 8.41. The highest BCUT2D eigenvalue weighted by atomic mass is 16.1. The summed E-state index contributed by atoms with van der Waals surface area (Å²) in [7, 11) is 0. The van der Waals surface area contributed by atoms with Gasteiger partial charge < -0.3 is 11.5 Å². The first-order valence-electron chi connectivity index (χ1n) is 5.64. The maximum absolute atomic E-state index is 11.1. The molecular weight excluding hydrogens is 228 g/mol. The number of carbonyl (C=O) groups is 1. The number of rotatable bonds is 2. The molecule has 0 aliphatic heterocycles. The third-order valence-corrected chi connectivity index (χ3v) is 3.06. The highest BCUT2D eigenvalue weighted by Crippen LogP contribution is 2.22. The van der Waals surface area contributed by atoms with Crippen LogP contribution in [0.2, 0.25) is 0 Å². The number of hydrogen-bond donors (Lipinski definition) is 2. The number of hydrogen-bond acceptors (Lipinski definition) is 3. The average molecular weight is 244 g/mol. The number of anilines is 1. The lowest BCUT2D eigenvalue weighted by atomic mass is 10.1. The Kier molecular flexibility index (Phi) is 2.82. The van der Waals surface area contributed by atoms with Gasteiger partial charge in [0.05, 0.1) is 22.8 Å². The van der Waals surface area contributed by atoms with Crippen molar-refractivity contribution in [3.8, 4) is 5.69 Å². The Morgan fingerprint density at radius 3 is 2.39 bits per heavy atom. The van der Waals surface area contributed by atoms with Crippen molar-refractivity contribution in [1.82, 2.24) is 9.78 Å². The molecule has 1 aromatic carbocycles. The molecule has 0 atom stereocenters. The van der Waals surface area contributed by atoms with Crippen LogP contribution in [-0.2, 0) is 0 Å². The lowest BCUT2D eigenvalue weighted by molar-refractivity contribution is 0.1000. The van der Waals surface area contributed by atoms with Crippen LogP contribution in [0.3, 0.4) is 0 Å². The van der Waals surface area contributed by atoms with Gasteiger partial charge in [0, 0.05) is 5.56 Å². The van der Waals surface area contributed by atoms with E-state index in [1.165, 1.54) is 0 Å². The van der Waals surface area contributed by atoms with Crippen LogP contribution in [0, 0.1) is 20.8 Å². The number of amides is 1. The summed E-state index contributed by atoms with van der Waals surface area (Å²) in [5.41, 5.74) is 15.9. The van der Waals surface area contributed by atoms with Crippen LogP contribution in [0.25, 0.3) is 5.69 Å². The molecule has 0 saturated carbocycles. The minimum absolute atomic E-state index is 0.433. The first-order valence-corrected chi connectivity index (χ1v) is 5.64. The van der Waals surface area contributed by atoms with Crippen LogP contribution in [0.5, 0.6) is 0 Å². The second kappa shape index (κ2) is 4.18. The lowest BCUT2D eigenvalue weighted by Crippen LogP contribution is -2.12. The summed E-state index contributed by atoms with van der Waals surface area (Å²) in [5, 5.41) is 4.39. The van der Waals surface area contributed by atoms with Gasteiger partial charge in [0.25, 0.3) is 0 Å². The highest BCUT2D eigenvalue weighted by molar-refractivity contribution is 5.93. The molecule has 0 saturated heterocycles. The quantitative estimate of drug-likeness (QED) is 0.838. The van der Waals surface area contributed by atoms with Crippen LogP contribution in [0.1, 0.15) is 27.3 Å². The Bertz CT molecular complexity index is 628. The van der Waals surface area contributed by atoms with Gasteiger partial charge in [-0.2, -0.15) is 5.10 Å².